The Labute approximate surface area is 136 Å². The Morgan fingerprint density at radius 3 is 2.74 bits per heavy atom. The number of carbonyl (C=O) groups is 1. The zero-order chi connectivity index (χ0) is 16.2. The average molecular weight is 313 g/mol. The number of carbonyl (C=O) groups excluding carboxylic acids is 1. The van der Waals surface area contributed by atoms with E-state index in [9.17, 15) is 4.79 Å². The van der Waals surface area contributed by atoms with E-state index in [2.05, 4.69) is 24.2 Å². The van der Waals surface area contributed by atoms with E-state index in [0.29, 0.717) is 17.5 Å². The molecule has 2 heterocycles. The Hall–Kier alpha value is -2.14. The molecule has 0 aliphatic carbocycles. The van der Waals surface area contributed by atoms with Crippen molar-refractivity contribution in [2.45, 2.75) is 25.3 Å². The maximum atomic E-state index is 12.7. The van der Waals surface area contributed by atoms with E-state index in [0.717, 1.165) is 37.9 Å². The fraction of sp³-hybridized carbons (Fsp3) is 0.444. The molecule has 5 heteroatoms. The third kappa shape index (κ3) is 3.62. The molecule has 0 unspecified atom stereocenters. The molecule has 0 saturated carbocycles. The molecule has 0 spiro atoms. The summed E-state index contributed by atoms with van der Waals surface area (Å²) in [6.07, 6.45) is 3.15. The minimum absolute atomic E-state index is 0.0564. The predicted octanol–water partition coefficient (Wildman–Crippen LogP) is 2.90. The minimum Gasteiger partial charge on any atom is -0.350 e. The van der Waals surface area contributed by atoms with Gasteiger partial charge in [-0.3, -0.25) is 4.79 Å². The molecule has 0 N–H and O–H groups in total. The molecule has 1 fully saturated rings. The number of aromatic nitrogens is 1. The van der Waals surface area contributed by atoms with Crippen LogP contribution in [0.1, 0.15) is 29.8 Å². The maximum absolute atomic E-state index is 12.7. The van der Waals surface area contributed by atoms with Crippen molar-refractivity contribution in [1.82, 2.24) is 15.0 Å². The van der Waals surface area contributed by atoms with Crippen LogP contribution in [0.15, 0.2) is 40.9 Å². The first kappa shape index (κ1) is 15.7. The van der Waals surface area contributed by atoms with E-state index in [1.54, 1.807) is 6.07 Å². The van der Waals surface area contributed by atoms with Gasteiger partial charge in [-0.2, -0.15) is 0 Å². The highest BCUT2D eigenvalue weighted by Crippen LogP contribution is 2.21. The van der Waals surface area contributed by atoms with Gasteiger partial charge in [0, 0.05) is 30.8 Å². The summed E-state index contributed by atoms with van der Waals surface area (Å²) >= 11 is 0. The molecule has 3 rings (SSSR count). The number of rotatable bonds is 3. The van der Waals surface area contributed by atoms with Crippen molar-refractivity contribution in [3.8, 4) is 11.3 Å². The highest BCUT2D eigenvalue weighted by molar-refractivity contribution is 5.92. The normalized spacial score (nSPS) is 18.9. The molecule has 1 saturated heterocycles. The summed E-state index contributed by atoms with van der Waals surface area (Å²) in [6, 6.07) is 12.0. The van der Waals surface area contributed by atoms with E-state index >= 15 is 0 Å². The molecule has 1 aromatic carbocycles. The van der Waals surface area contributed by atoms with Gasteiger partial charge in [-0.1, -0.05) is 35.5 Å². The van der Waals surface area contributed by atoms with Crippen molar-refractivity contribution in [1.29, 1.82) is 0 Å². The van der Waals surface area contributed by atoms with Gasteiger partial charge in [0.05, 0.1) is 0 Å². The van der Waals surface area contributed by atoms with Crippen LogP contribution in [-0.2, 0) is 0 Å². The first-order valence-corrected chi connectivity index (χ1v) is 8.13. The molecule has 5 nitrogen and oxygen atoms in total. The second kappa shape index (κ2) is 6.96. The monoisotopic (exact) mass is 313 g/mol. The summed E-state index contributed by atoms with van der Waals surface area (Å²) in [6.45, 7) is 1.55. The summed E-state index contributed by atoms with van der Waals surface area (Å²) in [5, 5.41) is 4.04. The Kier molecular flexibility index (Phi) is 4.76. The van der Waals surface area contributed by atoms with Crippen LogP contribution < -0.4 is 0 Å². The molecule has 1 atom stereocenters. The summed E-state index contributed by atoms with van der Waals surface area (Å²) in [5.74, 6) is 0.270. The number of nitrogens with zero attached hydrogens (tertiary/aromatic N) is 3. The molecule has 122 valence electrons. The van der Waals surface area contributed by atoms with Gasteiger partial charge >= 0.3 is 0 Å². The second-order valence-electron chi connectivity index (χ2n) is 6.28. The largest absolute Gasteiger partial charge is 0.350 e. The topological polar surface area (TPSA) is 49.6 Å². The van der Waals surface area contributed by atoms with Crippen molar-refractivity contribution < 1.29 is 9.32 Å². The van der Waals surface area contributed by atoms with Gasteiger partial charge in [0.15, 0.2) is 0 Å². The molecule has 1 aliphatic heterocycles. The van der Waals surface area contributed by atoms with Gasteiger partial charge < -0.3 is 14.3 Å². The van der Waals surface area contributed by atoms with Crippen molar-refractivity contribution in [2.24, 2.45) is 0 Å². The van der Waals surface area contributed by atoms with Crippen molar-refractivity contribution >= 4 is 5.91 Å². The molecule has 1 aromatic heterocycles. The third-order valence-electron chi connectivity index (χ3n) is 4.51. The fourth-order valence-corrected chi connectivity index (χ4v) is 3.08. The molecule has 23 heavy (non-hydrogen) atoms. The SMILES string of the molecule is CN(C)[C@H]1CCCN(C(=O)c2cc(-c3ccccc3)no2)CC1. The van der Waals surface area contributed by atoms with Crippen LogP contribution in [0.4, 0.5) is 0 Å². The van der Waals surface area contributed by atoms with E-state index < -0.39 is 0 Å². The van der Waals surface area contributed by atoms with Crippen LogP contribution in [0.25, 0.3) is 11.3 Å². The van der Waals surface area contributed by atoms with Crippen LogP contribution >= 0.6 is 0 Å². The van der Waals surface area contributed by atoms with E-state index in [1.165, 1.54) is 0 Å². The highest BCUT2D eigenvalue weighted by atomic mass is 16.5. The van der Waals surface area contributed by atoms with Gasteiger partial charge in [0.25, 0.3) is 5.91 Å². The number of likely N-dealkylation sites (tertiary alicyclic amines) is 1. The summed E-state index contributed by atoms with van der Waals surface area (Å²) in [4.78, 5) is 16.8. The van der Waals surface area contributed by atoms with Crippen LogP contribution in [-0.4, -0.2) is 54.1 Å². The second-order valence-corrected chi connectivity index (χ2v) is 6.28. The summed E-state index contributed by atoms with van der Waals surface area (Å²) < 4.78 is 5.30. The first-order chi connectivity index (χ1) is 11.1. The van der Waals surface area contributed by atoms with Crippen molar-refractivity contribution in [2.75, 3.05) is 27.2 Å². The van der Waals surface area contributed by atoms with E-state index in [1.807, 2.05) is 35.2 Å². The van der Waals surface area contributed by atoms with Gasteiger partial charge in [-0.25, -0.2) is 0 Å². The summed E-state index contributed by atoms with van der Waals surface area (Å²) in [7, 11) is 4.20. The summed E-state index contributed by atoms with van der Waals surface area (Å²) in [5.41, 5.74) is 1.66. The molecule has 0 radical (unpaired) electrons. The smallest absolute Gasteiger partial charge is 0.292 e. The highest BCUT2D eigenvalue weighted by Gasteiger charge is 2.25. The van der Waals surface area contributed by atoms with Gasteiger partial charge in [-0.05, 0) is 33.4 Å². The van der Waals surface area contributed by atoms with E-state index in [4.69, 9.17) is 4.52 Å². The Bertz CT molecular complexity index is 651. The molecular formula is C18H23N3O2. The minimum atomic E-state index is -0.0564. The Morgan fingerprint density at radius 1 is 1.22 bits per heavy atom. The molecular weight excluding hydrogens is 290 g/mol. The van der Waals surface area contributed by atoms with Gasteiger partial charge in [0.2, 0.25) is 5.76 Å². The third-order valence-corrected chi connectivity index (χ3v) is 4.51. The lowest BCUT2D eigenvalue weighted by Crippen LogP contribution is -2.33. The zero-order valence-corrected chi connectivity index (χ0v) is 13.7. The maximum Gasteiger partial charge on any atom is 0.292 e. The number of hydrogen-bond acceptors (Lipinski definition) is 4. The Balaban J connectivity index is 1.70. The number of amides is 1. The van der Waals surface area contributed by atoms with Crippen molar-refractivity contribution in [3.63, 3.8) is 0 Å². The lowest BCUT2D eigenvalue weighted by Gasteiger charge is -2.22. The lowest BCUT2D eigenvalue weighted by molar-refractivity contribution is 0.0717. The molecule has 1 aliphatic rings. The van der Waals surface area contributed by atoms with Crippen LogP contribution in [0.3, 0.4) is 0 Å². The molecule has 2 aromatic rings. The molecule has 0 bridgehead atoms. The number of hydrogen-bond donors (Lipinski definition) is 0. The Morgan fingerprint density at radius 2 is 2.00 bits per heavy atom. The number of benzene rings is 1. The van der Waals surface area contributed by atoms with Gasteiger partial charge in [0.1, 0.15) is 5.69 Å². The van der Waals surface area contributed by atoms with Crippen molar-refractivity contribution in [3.05, 3.63) is 42.2 Å². The fourth-order valence-electron chi connectivity index (χ4n) is 3.08. The van der Waals surface area contributed by atoms with Crippen LogP contribution in [0, 0.1) is 0 Å². The lowest BCUT2D eigenvalue weighted by atomic mass is 10.1. The van der Waals surface area contributed by atoms with Crippen LogP contribution in [0.2, 0.25) is 0 Å². The average Bonchev–Trinajstić information content (AvgIpc) is 2.92. The quantitative estimate of drug-likeness (QED) is 0.874. The molecule has 1 amide bonds. The van der Waals surface area contributed by atoms with E-state index in [-0.39, 0.29) is 5.91 Å². The first-order valence-electron chi connectivity index (χ1n) is 8.13. The van der Waals surface area contributed by atoms with Gasteiger partial charge in [-0.15, -0.1) is 0 Å². The predicted molar refractivity (Wildman–Crippen MR) is 89.2 cm³/mol. The van der Waals surface area contributed by atoms with Crippen LogP contribution in [0.5, 0.6) is 0 Å². The standard InChI is InChI=1S/C18H23N3O2/c1-20(2)15-9-6-11-21(12-10-15)18(22)17-13-16(19-23-17)14-7-4-3-5-8-14/h3-5,7-8,13,15H,6,9-12H2,1-2H3/t15-/m0/s1. The zero-order valence-electron chi connectivity index (χ0n) is 13.7.